The molecule has 0 aliphatic heterocycles. The quantitative estimate of drug-likeness (QED) is 0.198. The maximum atomic E-state index is 12.3. The van der Waals surface area contributed by atoms with Crippen LogP contribution in [0.4, 0.5) is 0 Å². The summed E-state index contributed by atoms with van der Waals surface area (Å²) in [4.78, 5) is 24.4. The lowest BCUT2D eigenvalue weighted by atomic mass is 10.1. The van der Waals surface area contributed by atoms with E-state index in [1.165, 1.54) is 48.5 Å². The maximum Gasteiger partial charge on any atom is 0.338 e. The van der Waals surface area contributed by atoms with E-state index in [-0.39, 0.29) is 20.9 Å². The minimum absolute atomic E-state index is 0.0293. The minimum atomic E-state index is -4.10. The molecule has 0 saturated heterocycles. The van der Waals surface area contributed by atoms with Gasteiger partial charge in [0.1, 0.15) is 25.4 Å². The molecular formula is C28H30O12S2. The molecule has 0 aromatic heterocycles. The Balaban J connectivity index is 1.41. The molecule has 14 heteroatoms. The van der Waals surface area contributed by atoms with Crippen LogP contribution in [0.3, 0.4) is 0 Å². The summed E-state index contributed by atoms with van der Waals surface area (Å²) in [6.45, 7) is 1.22. The lowest BCUT2D eigenvalue weighted by Crippen LogP contribution is -2.26. The smallest absolute Gasteiger partial charge is 0.338 e. The van der Waals surface area contributed by atoms with E-state index in [0.29, 0.717) is 0 Å². The molecular weight excluding hydrogens is 592 g/mol. The third kappa shape index (κ3) is 9.72. The SMILES string of the molecule is Cc1ccc(S(=O)(=O)OC[C@H](O)COC(=O)c2ccc(C(=O)OC[C@@H](O)COS(=O)(=O)c3ccc(C)cc3)cc2)cc1. The van der Waals surface area contributed by atoms with Crippen molar-refractivity contribution in [3.63, 3.8) is 0 Å². The highest BCUT2D eigenvalue weighted by molar-refractivity contribution is 7.87. The summed E-state index contributed by atoms with van der Waals surface area (Å²) in [5.74, 6) is -1.70. The van der Waals surface area contributed by atoms with Gasteiger partial charge in [-0.3, -0.25) is 8.37 Å². The lowest BCUT2D eigenvalue weighted by Gasteiger charge is -2.13. The topological polar surface area (TPSA) is 180 Å². The molecule has 12 nitrogen and oxygen atoms in total. The molecule has 0 aliphatic carbocycles. The summed E-state index contributed by atoms with van der Waals surface area (Å²) in [6.07, 6.45) is -2.85. The van der Waals surface area contributed by atoms with E-state index in [1.54, 1.807) is 38.1 Å². The highest BCUT2D eigenvalue weighted by Crippen LogP contribution is 2.15. The molecule has 0 unspecified atom stereocenters. The first kappa shape index (κ1) is 32.8. The van der Waals surface area contributed by atoms with Crippen LogP contribution in [0.2, 0.25) is 0 Å². The summed E-state index contributed by atoms with van der Waals surface area (Å²) < 4.78 is 68.3. The fourth-order valence-corrected chi connectivity index (χ4v) is 5.11. The molecule has 0 heterocycles. The van der Waals surface area contributed by atoms with Gasteiger partial charge in [0.05, 0.1) is 34.1 Å². The zero-order valence-electron chi connectivity index (χ0n) is 22.7. The average molecular weight is 623 g/mol. The van der Waals surface area contributed by atoms with Gasteiger partial charge in [-0.25, -0.2) is 9.59 Å². The van der Waals surface area contributed by atoms with Crippen LogP contribution in [0, 0.1) is 13.8 Å². The van der Waals surface area contributed by atoms with Crippen molar-refractivity contribution >= 4 is 32.2 Å². The second kappa shape index (κ2) is 14.5. The molecule has 2 atom stereocenters. The molecule has 0 bridgehead atoms. The van der Waals surface area contributed by atoms with Crippen LogP contribution in [-0.2, 0) is 38.1 Å². The number of rotatable bonds is 14. The number of benzene rings is 3. The molecule has 0 fully saturated rings. The lowest BCUT2D eigenvalue weighted by molar-refractivity contribution is 0.0131. The van der Waals surface area contributed by atoms with Gasteiger partial charge in [-0.15, -0.1) is 0 Å². The number of carbonyl (C=O) groups excluding carboxylic acids is 2. The average Bonchev–Trinajstić information content (AvgIpc) is 2.97. The number of aliphatic hydroxyl groups is 2. The van der Waals surface area contributed by atoms with Gasteiger partial charge in [0.15, 0.2) is 0 Å². The third-order valence-corrected chi connectivity index (χ3v) is 8.21. The highest BCUT2D eigenvalue weighted by Gasteiger charge is 2.20. The summed E-state index contributed by atoms with van der Waals surface area (Å²) in [5, 5.41) is 20.0. The number of aliphatic hydroxyl groups excluding tert-OH is 2. The van der Waals surface area contributed by atoms with Crippen LogP contribution in [0.15, 0.2) is 82.6 Å². The number of hydrogen-bond acceptors (Lipinski definition) is 12. The van der Waals surface area contributed by atoms with Gasteiger partial charge < -0.3 is 19.7 Å². The van der Waals surface area contributed by atoms with Crippen molar-refractivity contribution in [1.29, 1.82) is 0 Å². The second-order valence-corrected chi connectivity index (χ2v) is 12.4. The minimum Gasteiger partial charge on any atom is -0.459 e. The van der Waals surface area contributed by atoms with Crippen LogP contribution in [-0.4, -0.2) is 77.6 Å². The van der Waals surface area contributed by atoms with E-state index < -0.39 is 70.8 Å². The molecule has 226 valence electrons. The van der Waals surface area contributed by atoms with Gasteiger partial charge in [0.25, 0.3) is 20.2 Å². The van der Waals surface area contributed by atoms with E-state index in [9.17, 15) is 36.6 Å². The van der Waals surface area contributed by atoms with E-state index >= 15 is 0 Å². The van der Waals surface area contributed by atoms with Gasteiger partial charge >= 0.3 is 11.9 Å². The first-order valence-electron chi connectivity index (χ1n) is 12.5. The van der Waals surface area contributed by atoms with Crippen molar-refractivity contribution in [2.24, 2.45) is 0 Å². The van der Waals surface area contributed by atoms with Gasteiger partial charge in [-0.1, -0.05) is 35.4 Å². The Kier molecular flexibility index (Phi) is 11.3. The number of ether oxygens (including phenoxy) is 2. The number of hydrogen-bond donors (Lipinski definition) is 2. The largest absolute Gasteiger partial charge is 0.459 e. The van der Waals surface area contributed by atoms with Crippen molar-refractivity contribution in [2.75, 3.05) is 26.4 Å². The Hall–Kier alpha value is -3.66. The Morgan fingerprint density at radius 3 is 1.19 bits per heavy atom. The van der Waals surface area contributed by atoms with Crippen molar-refractivity contribution in [2.45, 2.75) is 35.8 Å². The van der Waals surface area contributed by atoms with Crippen LogP contribution in [0.25, 0.3) is 0 Å². The van der Waals surface area contributed by atoms with Crippen molar-refractivity contribution < 1.29 is 54.5 Å². The number of aryl methyl sites for hydroxylation is 2. The van der Waals surface area contributed by atoms with Crippen LogP contribution >= 0.6 is 0 Å². The first-order chi connectivity index (χ1) is 19.8. The van der Waals surface area contributed by atoms with Gasteiger partial charge in [0.2, 0.25) is 0 Å². The molecule has 2 N–H and O–H groups in total. The molecule has 0 spiro atoms. The summed E-state index contributed by atoms with van der Waals surface area (Å²) in [5.41, 5.74) is 1.78. The highest BCUT2D eigenvalue weighted by atomic mass is 32.2. The zero-order valence-corrected chi connectivity index (χ0v) is 24.3. The van der Waals surface area contributed by atoms with E-state index in [1.807, 2.05) is 0 Å². The predicted octanol–water partition coefficient (Wildman–Crippen LogP) is 2.15. The van der Waals surface area contributed by atoms with Crippen LogP contribution in [0.5, 0.6) is 0 Å². The van der Waals surface area contributed by atoms with Crippen LogP contribution in [0.1, 0.15) is 31.8 Å². The maximum absolute atomic E-state index is 12.3. The molecule has 0 radical (unpaired) electrons. The number of carbonyl (C=O) groups is 2. The fourth-order valence-electron chi connectivity index (χ4n) is 3.23. The molecule has 0 saturated carbocycles. The summed E-state index contributed by atoms with van der Waals surface area (Å²) in [6, 6.07) is 16.9. The Labute approximate surface area is 243 Å². The third-order valence-electron chi connectivity index (χ3n) is 5.62. The predicted molar refractivity (Wildman–Crippen MR) is 148 cm³/mol. The van der Waals surface area contributed by atoms with Gasteiger partial charge in [-0.2, -0.15) is 16.8 Å². The Bertz CT molecular complexity index is 1440. The molecule has 0 amide bonds. The molecule has 3 aromatic carbocycles. The van der Waals surface area contributed by atoms with Gasteiger partial charge in [0, 0.05) is 0 Å². The molecule has 0 aliphatic rings. The van der Waals surface area contributed by atoms with Crippen molar-refractivity contribution in [3.8, 4) is 0 Å². The fraction of sp³-hybridized carbons (Fsp3) is 0.286. The summed E-state index contributed by atoms with van der Waals surface area (Å²) >= 11 is 0. The monoisotopic (exact) mass is 622 g/mol. The molecule has 3 aromatic rings. The molecule has 42 heavy (non-hydrogen) atoms. The van der Waals surface area contributed by atoms with Crippen LogP contribution < -0.4 is 0 Å². The normalized spacial score (nSPS) is 13.2. The first-order valence-corrected chi connectivity index (χ1v) is 15.3. The van der Waals surface area contributed by atoms with Crippen molar-refractivity contribution in [1.82, 2.24) is 0 Å². The number of esters is 2. The second-order valence-electron chi connectivity index (χ2n) is 9.19. The standard InChI is InChI=1S/C28H30O12S2/c1-19-3-11-25(12-4-19)41(33,34)39-17-23(29)15-37-27(31)21-7-9-22(10-8-21)28(32)38-16-24(30)18-40-42(35,36)26-13-5-20(2)6-14-26/h3-14,23-24,29-30H,15-18H2,1-2H3/t23-,24-/m1/s1. The van der Waals surface area contributed by atoms with E-state index in [0.717, 1.165) is 11.1 Å². The van der Waals surface area contributed by atoms with E-state index in [4.69, 9.17) is 17.8 Å². The van der Waals surface area contributed by atoms with Gasteiger partial charge in [-0.05, 0) is 62.4 Å². The zero-order chi connectivity index (χ0) is 30.9. The van der Waals surface area contributed by atoms with E-state index in [2.05, 4.69) is 0 Å². The Morgan fingerprint density at radius 1 is 0.571 bits per heavy atom. The Morgan fingerprint density at radius 2 is 0.881 bits per heavy atom. The summed E-state index contributed by atoms with van der Waals surface area (Å²) in [7, 11) is -8.21. The molecule has 3 rings (SSSR count). The van der Waals surface area contributed by atoms with Crippen molar-refractivity contribution in [3.05, 3.63) is 95.1 Å².